The van der Waals surface area contributed by atoms with Crippen molar-refractivity contribution in [2.45, 2.75) is 19.4 Å². The van der Waals surface area contributed by atoms with Crippen molar-refractivity contribution in [1.29, 1.82) is 0 Å². The van der Waals surface area contributed by atoms with Gasteiger partial charge in [-0.25, -0.2) is 4.98 Å². The highest BCUT2D eigenvalue weighted by Crippen LogP contribution is 2.34. The van der Waals surface area contributed by atoms with Gasteiger partial charge in [0, 0.05) is 26.2 Å². The number of anilines is 2. The van der Waals surface area contributed by atoms with Gasteiger partial charge in [0.05, 0.1) is 6.04 Å². The lowest BCUT2D eigenvalue weighted by Crippen LogP contribution is -2.48. The van der Waals surface area contributed by atoms with E-state index >= 15 is 0 Å². The second-order valence-corrected chi connectivity index (χ2v) is 8.76. The Hall–Kier alpha value is -3.90. The van der Waals surface area contributed by atoms with Crippen LogP contribution in [0.1, 0.15) is 29.7 Å². The molecule has 3 aromatic carbocycles. The minimum absolute atomic E-state index is 0.215. The Morgan fingerprint density at radius 3 is 1.97 bits per heavy atom. The van der Waals surface area contributed by atoms with Crippen molar-refractivity contribution in [3.05, 3.63) is 108 Å². The van der Waals surface area contributed by atoms with Crippen molar-refractivity contribution in [1.82, 2.24) is 14.9 Å². The first-order chi connectivity index (χ1) is 17.2. The van der Waals surface area contributed by atoms with Crippen molar-refractivity contribution in [2.24, 2.45) is 0 Å². The first-order valence-corrected chi connectivity index (χ1v) is 12.2. The molecule has 0 aliphatic carbocycles. The normalized spacial score (nSPS) is 14.3. The quantitative estimate of drug-likeness (QED) is 0.398. The number of ether oxygens (including phenoxy) is 1. The molecular weight excluding hydrogens is 434 g/mol. The summed E-state index contributed by atoms with van der Waals surface area (Å²) in [4.78, 5) is 13.6. The maximum atomic E-state index is 6.49. The summed E-state index contributed by atoms with van der Waals surface area (Å²) < 4.78 is 6.00. The third kappa shape index (κ3) is 5.12. The molecule has 1 aliphatic rings. The Balaban J connectivity index is 1.32. The number of benzene rings is 3. The van der Waals surface area contributed by atoms with Gasteiger partial charge >= 0.3 is 0 Å². The number of piperazine rings is 1. The maximum absolute atomic E-state index is 6.49. The SMILES string of the molecule is CCc1ccc(Oc2ncnc(N3CCN(C(c4ccccc4)c4ccccc4)CC3)c2N)cc1. The van der Waals surface area contributed by atoms with E-state index in [1.165, 1.54) is 23.0 Å². The van der Waals surface area contributed by atoms with Crippen molar-refractivity contribution in [2.75, 3.05) is 36.8 Å². The van der Waals surface area contributed by atoms with Crippen LogP contribution >= 0.6 is 0 Å². The van der Waals surface area contributed by atoms with Gasteiger partial charge in [-0.05, 0) is 35.2 Å². The molecular formula is C29H31N5O. The molecule has 0 saturated carbocycles. The molecule has 0 bridgehead atoms. The minimum atomic E-state index is 0.215. The Morgan fingerprint density at radius 2 is 1.40 bits per heavy atom. The fourth-order valence-corrected chi connectivity index (χ4v) is 4.69. The molecule has 0 unspecified atom stereocenters. The van der Waals surface area contributed by atoms with Crippen LogP contribution < -0.4 is 15.4 Å². The third-order valence-corrected chi connectivity index (χ3v) is 6.58. The van der Waals surface area contributed by atoms with Crippen molar-refractivity contribution >= 4 is 11.5 Å². The van der Waals surface area contributed by atoms with E-state index in [9.17, 15) is 0 Å². The molecule has 1 aromatic heterocycles. The number of nitrogens with zero attached hydrogens (tertiary/aromatic N) is 4. The van der Waals surface area contributed by atoms with Crippen LogP contribution in [0, 0.1) is 0 Å². The number of hydrogen-bond acceptors (Lipinski definition) is 6. The molecule has 1 aliphatic heterocycles. The monoisotopic (exact) mass is 465 g/mol. The molecule has 0 spiro atoms. The number of nitrogens with two attached hydrogens (primary N) is 1. The van der Waals surface area contributed by atoms with Crippen LogP contribution in [0.15, 0.2) is 91.3 Å². The van der Waals surface area contributed by atoms with Crippen molar-refractivity contribution < 1.29 is 4.74 Å². The highest BCUT2D eigenvalue weighted by molar-refractivity contribution is 5.68. The predicted molar refractivity (Wildman–Crippen MR) is 141 cm³/mol. The fourth-order valence-electron chi connectivity index (χ4n) is 4.69. The molecule has 5 rings (SSSR count). The van der Waals surface area contributed by atoms with Crippen LogP contribution in [-0.2, 0) is 6.42 Å². The van der Waals surface area contributed by atoms with Crippen LogP contribution in [0.3, 0.4) is 0 Å². The van der Waals surface area contributed by atoms with Crippen molar-refractivity contribution in [3.63, 3.8) is 0 Å². The van der Waals surface area contributed by atoms with Gasteiger partial charge in [-0.2, -0.15) is 4.98 Å². The van der Waals surface area contributed by atoms with Crippen molar-refractivity contribution in [3.8, 4) is 11.6 Å². The molecule has 6 nitrogen and oxygen atoms in total. The summed E-state index contributed by atoms with van der Waals surface area (Å²) >= 11 is 0. The number of rotatable bonds is 7. The van der Waals surface area contributed by atoms with Gasteiger partial charge in [-0.15, -0.1) is 0 Å². The lowest BCUT2D eigenvalue weighted by Gasteiger charge is -2.40. The van der Waals surface area contributed by atoms with E-state index in [0.717, 1.165) is 44.2 Å². The highest BCUT2D eigenvalue weighted by Gasteiger charge is 2.28. The molecule has 2 N–H and O–H groups in total. The number of hydrogen-bond donors (Lipinski definition) is 1. The largest absolute Gasteiger partial charge is 0.437 e. The van der Waals surface area contributed by atoms with Gasteiger partial charge < -0.3 is 15.4 Å². The Labute approximate surface area is 207 Å². The van der Waals surface area contributed by atoms with E-state index in [-0.39, 0.29) is 6.04 Å². The molecule has 0 amide bonds. The van der Waals surface area contributed by atoms with E-state index in [2.05, 4.69) is 99.5 Å². The van der Waals surface area contributed by atoms with Crippen LogP contribution in [0.5, 0.6) is 11.6 Å². The van der Waals surface area contributed by atoms with Crippen LogP contribution in [0.4, 0.5) is 11.5 Å². The molecule has 178 valence electrons. The molecule has 1 fully saturated rings. The molecule has 0 atom stereocenters. The summed E-state index contributed by atoms with van der Waals surface area (Å²) in [7, 11) is 0. The third-order valence-electron chi connectivity index (χ3n) is 6.58. The number of nitrogen functional groups attached to an aromatic ring is 1. The number of aromatic nitrogens is 2. The van der Waals surface area contributed by atoms with E-state index < -0.39 is 0 Å². The topological polar surface area (TPSA) is 67.5 Å². The zero-order valence-corrected chi connectivity index (χ0v) is 20.0. The van der Waals surface area contributed by atoms with Crippen LogP contribution in [-0.4, -0.2) is 41.0 Å². The van der Waals surface area contributed by atoms with Gasteiger partial charge in [0.15, 0.2) is 5.82 Å². The van der Waals surface area contributed by atoms with Crippen LogP contribution in [0.2, 0.25) is 0 Å². The van der Waals surface area contributed by atoms with E-state index in [1.54, 1.807) is 0 Å². The minimum Gasteiger partial charge on any atom is -0.437 e. The summed E-state index contributed by atoms with van der Waals surface area (Å²) in [6.45, 7) is 5.56. The van der Waals surface area contributed by atoms with Gasteiger partial charge in [0.25, 0.3) is 0 Å². The van der Waals surface area contributed by atoms with Gasteiger partial charge in [-0.3, -0.25) is 4.90 Å². The molecule has 2 heterocycles. The lowest BCUT2D eigenvalue weighted by molar-refractivity contribution is 0.212. The summed E-state index contributed by atoms with van der Waals surface area (Å²) in [5, 5.41) is 0. The Kier molecular flexibility index (Phi) is 6.91. The van der Waals surface area contributed by atoms with E-state index in [4.69, 9.17) is 10.5 Å². The second kappa shape index (κ2) is 10.6. The van der Waals surface area contributed by atoms with E-state index in [1.807, 2.05) is 12.1 Å². The second-order valence-electron chi connectivity index (χ2n) is 8.76. The van der Waals surface area contributed by atoms with Gasteiger partial charge in [0.2, 0.25) is 5.88 Å². The summed E-state index contributed by atoms with van der Waals surface area (Å²) in [5.74, 6) is 1.85. The lowest BCUT2D eigenvalue weighted by atomic mass is 9.96. The zero-order chi connectivity index (χ0) is 24.0. The summed E-state index contributed by atoms with van der Waals surface area (Å²) in [6.07, 6.45) is 2.52. The summed E-state index contributed by atoms with van der Waals surface area (Å²) in [6, 6.07) is 29.7. The first-order valence-electron chi connectivity index (χ1n) is 12.2. The van der Waals surface area contributed by atoms with E-state index in [0.29, 0.717) is 11.6 Å². The summed E-state index contributed by atoms with van der Waals surface area (Å²) in [5.41, 5.74) is 10.8. The first kappa shape index (κ1) is 22.9. The number of aryl methyl sites for hydroxylation is 1. The van der Waals surface area contributed by atoms with Gasteiger partial charge in [-0.1, -0.05) is 79.7 Å². The Morgan fingerprint density at radius 1 is 0.800 bits per heavy atom. The standard InChI is InChI=1S/C29H31N5O/c1-2-22-13-15-25(16-14-22)35-29-26(30)28(31-21-32-29)34-19-17-33(18-20-34)27(23-9-5-3-6-10-23)24-11-7-4-8-12-24/h3-16,21,27H,2,17-20,30H2,1H3. The molecule has 6 heteroatoms. The average molecular weight is 466 g/mol. The molecule has 35 heavy (non-hydrogen) atoms. The maximum Gasteiger partial charge on any atom is 0.248 e. The molecule has 0 radical (unpaired) electrons. The Bertz CT molecular complexity index is 1180. The average Bonchev–Trinajstić information content (AvgIpc) is 2.92. The molecule has 4 aromatic rings. The smallest absolute Gasteiger partial charge is 0.248 e. The predicted octanol–water partition coefficient (Wildman–Crippen LogP) is 5.33. The fraction of sp³-hybridized carbons (Fsp3) is 0.241. The van der Waals surface area contributed by atoms with Gasteiger partial charge in [0.1, 0.15) is 17.8 Å². The highest BCUT2D eigenvalue weighted by atomic mass is 16.5. The van der Waals surface area contributed by atoms with Crippen LogP contribution in [0.25, 0.3) is 0 Å². The zero-order valence-electron chi connectivity index (χ0n) is 20.0. The molecule has 1 saturated heterocycles.